The van der Waals surface area contributed by atoms with E-state index in [0.717, 1.165) is 12.8 Å². The molecule has 5 N–H and O–H groups in total. The lowest BCUT2D eigenvalue weighted by atomic mass is 10.2. The van der Waals surface area contributed by atoms with Gasteiger partial charge in [0.25, 0.3) is 5.91 Å². The van der Waals surface area contributed by atoms with Crippen molar-refractivity contribution in [2.24, 2.45) is 5.73 Å². The molecule has 0 spiro atoms. The first-order chi connectivity index (χ1) is 13.0. The minimum atomic E-state index is -0.328. The summed E-state index contributed by atoms with van der Waals surface area (Å²) in [5.74, 6) is -0.375. The second-order valence-corrected chi connectivity index (χ2v) is 6.63. The third-order valence-electron chi connectivity index (χ3n) is 3.62. The highest BCUT2D eigenvalue weighted by Crippen LogP contribution is 2.14. The highest BCUT2D eigenvalue weighted by molar-refractivity contribution is 7.80. The Morgan fingerprint density at radius 1 is 0.926 bits per heavy atom. The van der Waals surface area contributed by atoms with Gasteiger partial charge in [0.15, 0.2) is 5.11 Å². The van der Waals surface area contributed by atoms with Crippen molar-refractivity contribution in [2.75, 3.05) is 17.2 Å². The molecule has 8 heteroatoms. The van der Waals surface area contributed by atoms with Crippen LogP contribution in [0.15, 0.2) is 48.5 Å². The highest BCUT2D eigenvalue weighted by atomic mass is 35.5. The van der Waals surface area contributed by atoms with Crippen molar-refractivity contribution >= 4 is 52.1 Å². The van der Waals surface area contributed by atoms with Crippen LogP contribution in [0.4, 0.5) is 11.4 Å². The molecule has 0 aliphatic heterocycles. The molecule has 0 radical (unpaired) electrons. The smallest absolute Gasteiger partial charge is 0.257 e. The van der Waals surface area contributed by atoms with Gasteiger partial charge in [-0.15, -0.1) is 0 Å². The molecule has 0 fully saturated rings. The molecule has 0 saturated heterocycles. The van der Waals surface area contributed by atoms with Gasteiger partial charge in [-0.3, -0.25) is 14.9 Å². The molecule has 0 aliphatic carbocycles. The molecule has 0 saturated carbocycles. The second-order valence-electron chi connectivity index (χ2n) is 5.79. The maximum Gasteiger partial charge on any atom is 0.257 e. The van der Waals surface area contributed by atoms with Gasteiger partial charge in [0, 0.05) is 28.4 Å². The largest absolute Gasteiger partial charge is 0.332 e. The van der Waals surface area contributed by atoms with E-state index in [4.69, 9.17) is 29.6 Å². The van der Waals surface area contributed by atoms with Crippen LogP contribution >= 0.6 is 23.8 Å². The number of hydrogen-bond acceptors (Lipinski definition) is 4. The Hall–Kier alpha value is -2.48. The third-order valence-corrected chi connectivity index (χ3v) is 4.07. The van der Waals surface area contributed by atoms with E-state index in [0.29, 0.717) is 34.9 Å². The number of anilines is 2. The molecule has 0 atom stereocenters. The van der Waals surface area contributed by atoms with Gasteiger partial charge < -0.3 is 16.4 Å². The van der Waals surface area contributed by atoms with Crippen molar-refractivity contribution in [1.82, 2.24) is 5.32 Å². The molecule has 0 bridgehead atoms. The van der Waals surface area contributed by atoms with Crippen molar-refractivity contribution in [3.8, 4) is 0 Å². The number of carbonyl (C=O) groups is 2. The summed E-state index contributed by atoms with van der Waals surface area (Å²) < 4.78 is 0. The van der Waals surface area contributed by atoms with Crippen LogP contribution in [0.5, 0.6) is 0 Å². The fourth-order valence-electron chi connectivity index (χ4n) is 2.23. The Morgan fingerprint density at radius 3 is 2.11 bits per heavy atom. The molecule has 2 aromatic carbocycles. The first kappa shape index (κ1) is 20.8. The molecule has 2 amide bonds. The minimum Gasteiger partial charge on any atom is -0.332 e. The van der Waals surface area contributed by atoms with E-state index in [1.807, 2.05) is 0 Å². The van der Waals surface area contributed by atoms with Crippen LogP contribution in [0.1, 0.15) is 29.6 Å². The van der Waals surface area contributed by atoms with Gasteiger partial charge in [-0.2, -0.15) is 0 Å². The lowest BCUT2D eigenvalue weighted by Gasteiger charge is -2.11. The molecule has 0 aromatic heterocycles. The van der Waals surface area contributed by atoms with Gasteiger partial charge in [-0.05, 0) is 80.1 Å². The molecule has 27 heavy (non-hydrogen) atoms. The van der Waals surface area contributed by atoms with Crippen LogP contribution < -0.4 is 21.7 Å². The van der Waals surface area contributed by atoms with Crippen LogP contribution in [0.25, 0.3) is 0 Å². The number of unbranched alkanes of at least 4 members (excludes halogenated alkanes) is 1. The normalized spacial score (nSPS) is 10.1. The van der Waals surface area contributed by atoms with Crippen molar-refractivity contribution in [1.29, 1.82) is 0 Å². The second kappa shape index (κ2) is 10.6. The zero-order valence-electron chi connectivity index (χ0n) is 14.6. The number of carbonyl (C=O) groups excluding carboxylic acids is 2. The molecule has 2 aromatic rings. The Kier molecular flexibility index (Phi) is 8.19. The highest BCUT2D eigenvalue weighted by Gasteiger charge is 2.08. The van der Waals surface area contributed by atoms with E-state index in [2.05, 4.69) is 16.0 Å². The molecule has 2 rings (SSSR count). The lowest BCUT2D eigenvalue weighted by molar-refractivity contribution is -0.116. The van der Waals surface area contributed by atoms with Gasteiger partial charge in [-0.25, -0.2) is 0 Å². The molecule has 0 aliphatic rings. The van der Waals surface area contributed by atoms with E-state index < -0.39 is 0 Å². The summed E-state index contributed by atoms with van der Waals surface area (Å²) in [4.78, 5) is 23.9. The number of nitrogens with one attached hydrogen (secondary N) is 3. The number of rotatable bonds is 7. The molecular weight excluding hydrogens is 384 g/mol. The third kappa shape index (κ3) is 7.34. The topological polar surface area (TPSA) is 96.2 Å². The quantitative estimate of drug-likeness (QED) is 0.418. The van der Waals surface area contributed by atoms with Crippen molar-refractivity contribution in [3.63, 3.8) is 0 Å². The molecular formula is C19H21ClN4O2S. The SMILES string of the molecule is NCCCCC(=O)Nc1ccc(NC(=S)NC(=O)c2ccc(Cl)cc2)cc1. The first-order valence-electron chi connectivity index (χ1n) is 8.46. The average Bonchev–Trinajstić information content (AvgIpc) is 2.64. The van der Waals surface area contributed by atoms with Crippen LogP contribution in [0.2, 0.25) is 5.02 Å². The predicted octanol–water partition coefficient (Wildman–Crippen LogP) is 3.53. The Labute approximate surface area is 168 Å². The number of thiocarbonyl (C=S) groups is 1. The number of hydrogen-bond donors (Lipinski definition) is 4. The standard InChI is InChI=1S/C19H21ClN4O2S/c20-14-6-4-13(5-7-14)18(26)24-19(27)23-16-10-8-15(9-11-16)22-17(25)3-1-2-12-21/h4-11H,1-3,12,21H2,(H,22,25)(H2,23,24,26,27). The maximum absolute atomic E-state index is 12.1. The number of amides is 2. The first-order valence-corrected chi connectivity index (χ1v) is 9.24. The average molecular weight is 405 g/mol. The lowest BCUT2D eigenvalue weighted by Crippen LogP contribution is -2.34. The van der Waals surface area contributed by atoms with E-state index in [1.54, 1.807) is 48.5 Å². The summed E-state index contributed by atoms with van der Waals surface area (Å²) in [5, 5.41) is 9.07. The van der Waals surface area contributed by atoms with Crippen LogP contribution in [-0.4, -0.2) is 23.5 Å². The summed E-state index contributed by atoms with van der Waals surface area (Å²) in [5.41, 5.74) is 7.25. The van der Waals surface area contributed by atoms with Crippen molar-refractivity contribution in [2.45, 2.75) is 19.3 Å². The number of halogens is 1. The fraction of sp³-hybridized carbons (Fsp3) is 0.211. The van der Waals surface area contributed by atoms with E-state index in [1.165, 1.54) is 0 Å². The predicted molar refractivity (Wildman–Crippen MR) is 113 cm³/mol. The summed E-state index contributed by atoms with van der Waals surface area (Å²) in [6.45, 7) is 0.585. The Bertz CT molecular complexity index is 794. The maximum atomic E-state index is 12.1. The zero-order valence-corrected chi connectivity index (χ0v) is 16.2. The van der Waals surface area contributed by atoms with E-state index in [-0.39, 0.29) is 16.9 Å². The summed E-state index contributed by atoms with van der Waals surface area (Å²) in [7, 11) is 0. The van der Waals surface area contributed by atoms with Crippen molar-refractivity contribution < 1.29 is 9.59 Å². The summed E-state index contributed by atoms with van der Waals surface area (Å²) in [6, 6.07) is 13.5. The van der Waals surface area contributed by atoms with E-state index >= 15 is 0 Å². The molecule has 142 valence electrons. The van der Waals surface area contributed by atoms with Gasteiger partial charge >= 0.3 is 0 Å². The number of benzene rings is 2. The molecule has 0 unspecified atom stereocenters. The molecule has 0 heterocycles. The fourth-order valence-corrected chi connectivity index (χ4v) is 2.57. The van der Waals surface area contributed by atoms with Crippen molar-refractivity contribution in [3.05, 3.63) is 59.1 Å². The summed E-state index contributed by atoms with van der Waals surface area (Å²) in [6.07, 6.45) is 2.04. The van der Waals surface area contributed by atoms with Gasteiger partial charge in [0.05, 0.1) is 0 Å². The van der Waals surface area contributed by atoms with Gasteiger partial charge in [0.1, 0.15) is 0 Å². The molecule has 6 nitrogen and oxygen atoms in total. The zero-order chi connectivity index (χ0) is 19.6. The minimum absolute atomic E-state index is 0.0464. The van der Waals surface area contributed by atoms with Crippen LogP contribution in [0, 0.1) is 0 Å². The number of nitrogens with two attached hydrogens (primary N) is 1. The van der Waals surface area contributed by atoms with E-state index in [9.17, 15) is 9.59 Å². The van der Waals surface area contributed by atoms with Crippen LogP contribution in [0.3, 0.4) is 0 Å². The monoisotopic (exact) mass is 404 g/mol. The van der Waals surface area contributed by atoms with Crippen LogP contribution in [-0.2, 0) is 4.79 Å². The van der Waals surface area contributed by atoms with Gasteiger partial charge in [-0.1, -0.05) is 11.6 Å². The summed E-state index contributed by atoms with van der Waals surface area (Å²) >= 11 is 11.0. The Balaban J connectivity index is 1.82. The Morgan fingerprint density at radius 2 is 1.52 bits per heavy atom. The van der Waals surface area contributed by atoms with Gasteiger partial charge in [0.2, 0.25) is 5.91 Å².